The zero-order chi connectivity index (χ0) is 11.3. The summed E-state index contributed by atoms with van der Waals surface area (Å²) in [5.74, 6) is 0. The first kappa shape index (κ1) is 9.29. The maximum absolute atomic E-state index is 11.6. The Bertz CT molecular complexity index is 812. The van der Waals surface area contributed by atoms with Gasteiger partial charge in [0.05, 0.1) is 5.52 Å². The van der Waals surface area contributed by atoms with Crippen LogP contribution >= 0.6 is 11.3 Å². The van der Waals surface area contributed by atoms with Crippen molar-refractivity contribution < 1.29 is 0 Å². The lowest BCUT2D eigenvalue weighted by molar-refractivity contribution is 0.848. The molecular weight excluding hydrogens is 226 g/mol. The van der Waals surface area contributed by atoms with Gasteiger partial charge in [0.2, 0.25) is 0 Å². The fraction of sp³-hybridized carbons (Fsp3) is 0.100. The molecule has 0 aliphatic rings. The Hall–Kier alpha value is -1.95. The van der Waals surface area contributed by atoms with Gasteiger partial charge in [-0.15, -0.1) is 11.3 Å². The highest BCUT2D eigenvalue weighted by atomic mass is 32.1. The predicted molar refractivity (Wildman–Crippen MR) is 63.0 cm³/mol. The number of rotatable bonds is 0. The second kappa shape index (κ2) is 3.02. The zero-order valence-electron chi connectivity index (χ0n) is 8.35. The van der Waals surface area contributed by atoms with Crippen LogP contribution in [-0.4, -0.2) is 14.5 Å². The number of aromatic amines is 1. The molecule has 0 aliphatic carbocycles. The molecule has 0 amide bonds. The maximum atomic E-state index is 11.6. The lowest BCUT2D eigenvalue weighted by Gasteiger charge is -1.98. The van der Waals surface area contributed by atoms with Gasteiger partial charge < -0.3 is 0 Å². The zero-order valence-corrected chi connectivity index (χ0v) is 9.17. The van der Waals surface area contributed by atoms with Crippen LogP contribution in [0.25, 0.3) is 20.4 Å². The van der Waals surface area contributed by atoms with E-state index in [1.54, 1.807) is 19.3 Å². The number of hydrogen-bond acceptors (Lipinski definition) is 4. The Morgan fingerprint density at radius 2 is 2.25 bits per heavy atom. The van der Waals surface area contributed by atoms with Crippen molar-refractivity contribution in [1.29, 1.82) is 0 Å². The largest absolute Gasteiger partial charge is 0.328 e. The van der Waals surface area contributed by atoms with Crippen LogP contribution in [0.1, 0.15) is 0 Å². The van der Waals surface area contributed by atoms with Crippen LogP contribution in [0.3, 0.4) is 0 Å². The molecule has 0 spiro atoms. The molecule has 5 nitrogen and oxygen atoms in total. The van der Waals surface area contributed by atoms with E-state index in [1.807, 2.05) is 6.07 Å². The smallest absolute Gasteiger partial charge is 0.295 e. The molecule has 0 aromatic carbocycles. The van der Waals surface area contributed by atoms with Crippen molar-refractivity contribution in [3.8, 4) is 0 Å². The lowest BCUT2D eigenvalue weighted by Crippen LogP contribution is -2.27. The molecule has 16 heavy (non-hydrogen) atoms. The molecule has 0 unspecified atom stereocenters. The van der Waals surface area contributed by atoms with Gasteiger partial charge in [0.1, 0.15) is 9.53 Å². The van der Waals surface area contributed by atoms with Gasteiger partial charge in [0.25, 0.3) is 5.56 Å². The van der Waals surface area contributed by atoms with E-state index in [0.29, 0.717) is 10.2 Å². The van der Waals surface area contributed by atoms with E-state index in [4.69, 9.17) is 0 Å². The minimum atomic E-state index is -0.402. The van der Waals surface area contributed by atoms with Gasteiger partial charge in [-0.1, -0.05) is 0 Å². The number of H-pyrrole nitrogens is 1. The molecule has 0 radical (unpaired) electrons. The van der Waals surface area contributed by atoms with Gasteiger partial charge >= 0.3 is 5.69 Å². The van der Waals surface area contributed by atoms with Gasteiger partial charge in [-0.3, -0.25) is 14.3 Å². The molecule has 0 bridgehead atoms. The van der Waals surface area contributed by atoms with E-state index in [2.05, 4.69) is 9.97 Å². The van der Waals surface area contributed by atoms with Crippen molar-refractivity contribution >= 4 is 31.8 Å². The third kappa shape index (κ3) is 1.07. The van der Waals surface area contributed by atoms with Crippen molar-refractivity contribution in [1.82, 2.24) is 14.5 Å². The molecule has 0 saturated heterocycles. The van der Waals surface area contributed by atoms with Crippen LogP contribution in [0.2, 0.25) is 0 Å². The minimum absolute atomic E-state index is 0.346. The van der Waals surface area contributed by atoms with Crippen LogP contribution in [0.15, 0.2) is 27.9 Å². The summed E-state index contributed by atoms with van der Waals surface area (Å²) in [5.41, 5.74) is -0.0935. The van der Waals surface area contributed by atoms with Crippen LogP contribution in [0.4, 0.5) is 0 Å². The predicted octanol–water partition coefficient (Wildman–Crippen LogP) is 0.836. The maximum Gasteiger partial charge on any atom is 0.328 e. The average Bonchev–Trinajstić information content (AvgIpc) is 2.66. The summed E-state index contributed by atoms with van der Waals surface area (Å²) in [6.45, 7) is 0. The molecule has 3 heterocycles. The number of thiophene rings is 1. The number of aryl methyl sites for hydroxylation is 1. The van der Waals surface area contributed by atoms with Gasteiger partial charge in [0.15, 0.2) is 0 Å². The van der Waals surface area contributed by atoms with Crippen LogP contribution < -0.4 is 11.2 Å². The highest BCUT2D eigenvalue weighted by molar-refractivity contribution is 7.25. The van der Waals surface area contributed by atoms with Gasteiger partial charge in [0, 0.05) is 18.6 Å². The van der Waals surface area contributed by atoms with E-state index in [1.165, 1.54) is 15.9 Å². The first-order valence-corrected chi connectivity index (χ1v) is 5.46. The highest BCUT2D eigenvalue weighted by Gasteiger charge is 2.12. The Morgan fingerprint density at radius 1 is 1.44 bits per heavy atom. The van der Waals surface area contributed by atoms with E-state index in [0.717, 1.165) is 10.2 Å². The topological polar surface area (TPSA) is 67.8 Å². The number of nitrogens with one attached hydrogen (secondary N) is 1. The Balaban J connectivity index is 2.77. The van der Waals surface area contributed by atoms with E-state index >= 15 is 0 Å². The minimum Gasteiger partial charge on any atom is -0.295 e. The summed E-state index contributed by atoms with van der Waals surface area (Å²) >= 11 is 1.30. The standard InChI is InChI=1S/C10H7N3O2S/c1-13-6-5-3-2-4-11-9(5)16-7(6)8(14)12-10(13)15/h2-4H,1H3,(H,12,14,15). The normalized spacial score (nSPS) is 11.3. The van der Waals surface area contributed by atoms with E-state index in [-0.39, 0.29) is 5.56 Å². The van der Waals surface area contributed by atoms with Crippen molar-refractivity contribution in [2.75, 3.05) is 0 Å². The number of aromatic nitrogens is 3. The highest BCUT2D eigenvalue weighted by Crippen LogP contribution is 2.28. The molecule has 0 atom stereocenters. The van der Waals surface area contributed by atoms with Crippen LogP contribution in [0.5, 0.6) is 0 Å². The SMILES string of the molecule is Cn1c(=O)[nH]c(=O)c2sc3ncccc3c21. The molecule has 0 saturated carbocycles. The Labute approximate surface area is 93.0 Å². The number of pyridine rings is 1. The summed E-state index contributed by atoms with van der Waals surface area (Å²) in [6.07, 6.45) is 1.67. The molecule has 0 fully saturated rings. The fourth-order valence-electron chi connectivity index (χ4n) is 1.75. The summed E-state index contributed by atoms with van der Waals surface area (Å²) in [7, 11) is 1.64. The summed E-state index contributed by atoms with van der Waals surface area (Å²) in [5, 5.41) is 0.841. The van der Waals surface area contributed by atoms with Gasteiger partial charge in [-0.25, -0.2) is 9.78 Å². The van der Waals surface area contributed by atoms with Gasteiger partial charge in [-0.05, 0) is 12.1 Å². The second-order valence-electron chi connectivity index (χ2n) is 3.45. The molecule has 0 aliphatic heterocycles. The molecule has 1 N–H and O–H groups in total. The van der Waals surface area contributed by atoms with Crippen molar-refractivity contribution in [2.45, 2.75) is 0 Å². The van der Waals surface area contributed by atoms with Crippen molar-refractivity contribution in [3.05, 3.63) is 39.2 Å². The molecule has 6 heteroatoms. The molecule has 80 valence electrons. The quantitative estimate of drug-likeness (QED) is 0.625. The summed E-state index contributed by atoms with van der Waals surface area (Å²) < 4.78 is 1.98. The van der Waals surface area contributed by atoms with Crippen LogP contribution in [0, 0.1) is 0 Å². The molecular formula is C10H7N3O2S. The monoisotopic (exact) mass is 233 g/mol. The average molecular weight is 233 g/mol. The lowest BCUT2D eigenvalue weighted by atomic mass is 10.3. The Kier molecular flexibility index (Phi) is 1.75. The number of hydrogen-bond donors (Lipinski definition) is 1. The summed E-state index contributed by atoms with van der Waals surface area (Å²) in [4.78, 5) is 30.3. The second-order valence-corrected chi connectivity index (χ2v) is 4.45. The molecule has 3 aromatic rings. The molecule has 3 rings (SSSR count). The summed E-state index contributed by atoms with van der Waals surface area (Å²) in [6, 6.07) is 3.65. The third-order valence-corrected chi connectivity index (χ3v) is 3.61. The van der Waals surface area contributed by atoms with E-state index in [9.17, 15) is 9.59 Å². The Morgan fingerprint density at radius 3 is 3.06 bits per heavy atom. The van der Waals surface area contributed by atoms with E-state index < -0.39 is 5.69 Å². The number of fused-ring (bicyclic) bond motifs is 3. The van der Waals surface area contributed by atoms with Crippen molar-refractivity contribution in [2.24, 2.45) is 7.05 Å². The number of nitrogens with zero attached hydrogens (tertiary/aromatic N) is 2. The fourth-order valence-corrected chi connectivity index (χ4v) is 2.81. The molecule has 3 aromatic heterocycles. The van der Waals surface area contributed by atoms with Crippen LogP contribution in [-0.2, 0) is 7.05 Å². The van der Waals surface area contributed by atoms with Crippen molar-refractivity contribution in [3.63, 3.8) is 0 Å². The first-order chi connectivity index (χ1) is 7.68. The first-order valence-electron chi connectivity index (χ1n) is 4.65. The van der Waals surface area contributed by atoms with Gasteiger partial charge in [-0.2, -0.15) is 0 Å². The third-order valence-electron chi connectivity index (χ3n) is 2.51.